The first kappa shape index (κ1) is 27.3. The number of ketones is 1. The average molecular weight is 450 g/mol. The predicted octanol–water partition coefficient (Wildman–Crippen LogP) is 6.67. The molecule has 1 aromatic carbocycles. The van der Waals surface area contributed by atoms with Gasteiger partial charge in [0.25, 0.3) is 0 Å². The molecule has 0 aromatic heterocycles. The van der Waals surface area contributed by atoms with Crippen molar-refractivity contribution in [1.29, 1.82) is 0 Å². The lowest BCUT2D eigenvalue weighted by Gasteiger charge is -2.18. The van der Waals surface area contributed by atoms with Crippen molar-refractivity contribution < 1.29 is 14.3 Å². The molecule has 31 heavy (non-hydrogen) atoms. The largest absolute Gasteiger partial charge is 0.493 e. The van der Waals surface area contributed by atoms with Crippen LogP contribution in [0.5, 0.6) is 11.5 Å². The molecule has 0 saturated carbocycles. The third-order valence-electron chi connectivity index (χ3n) is 5.56. The minimum atomic E-state index is 0.0586. The fraction of sp³-hybridized carbons (Fsp3) is 0.577. The first-order valence-electron chi connectivity index (χ1n) is 11.4. The maximum absolute atomic E-state index is 12.8. The summed E-state index contributed by atoms with van der Waals surface area (Å²) in [7, 11) is 5.35. The number of fused-ring (bicyclic) bond motifs is 1. The van der Waals surface area contributed by atoms with Crippen LogP contribution in [0.25, 0.3) is 0 Å². The second-order valence-electron chi connectivity index (χ2n) is 7.69. The van der Waals surface area contributed by atoms with Crippen LogP contribution in [0.2, 0.25) is 0 Å². The first-order valence-corrected chi connectivity index (χ1v) is 11.8. The normalized spacial score (nSPS) is 16.2. The number of rotatable bonds is 11. The molecule has 0 bridgehead atoms. The van der Waals surface area contributed by atoms with Gasteiger partial charge in [0.1, 0.15) is 0 Å². The summed E-state index contributed by atoms with van der Waals surface area (Å²) in [5, 5.41) is 0.864. The van der Waals surface area contributed by atoms with E-state index in [-0.39, 0.29) is 11.7 Å². The van der Waals surface area contributed by atoms with Crippen LogP contribution in [0.3, 0.4) is 0 Å². The van der Waals surface area contributed by atoms with E-state index in [2.05, 4.69) is 31.0 Å². The fourth-order valence-electron chi connectivity index (χ4n) is 3.79. The standard InChI is InChI=1S/C24H34ClNO3.C2H6/c1-6-7-9-18(17(2)25)11-13-26(3)12-8-10-19-14-20-15-22(28-4)23(29-5)16-21(20)24(19)27;1-2/h7,9,15-16,19H,6,8,10-14H2,1-5H3;1-2H3/b9-7-,18-17-;. The number of halogens is 1. The molecule has 0 amide bonds. The number of carbonyl (C=O) groups excluding carboxylic acids is 1. The van der Waals surface area contributed by atoms with E-state index in [4.69, 9.17) is 21.1 Å². The SMILES string of the molecule is CC.CC/C=C\C(CCN(C)CCCC1Cc2cc(OC)c(OC)cc2C1=O)=C(/C)Cl. The molecule has 0 aliphatic heterocycles. The van der Waals surface area contributed by atoms with Gasteiger partial charge in [-0.2, -0.15) is 0 Å². The van der Waals surface area contributed by atoms with E-state index in [1.54, 1.807) is 14.2 Å². The summed E-state index contributed by atoms with van der Waals surface area (Å²) >= 11 is 6.21. The molecule has 0 fully saturated rings. The van der Waals surface area contributed by atoms with E-state index in [1.165, 1.54) is 5.57 Å². The van der Waals surface area contributed by atoms with Crippen LogP contribution in [0.1, 0.15) is 69.3 Å². The highest BCUT2D eigenvalue weighted by Gasteiger charge is 2.31. The highest BCUT2D eigenvalue weighted by atomic mass is 35.5. The Morgan fingerprint density at radius 2 is 1.84 bits per heavy atom. The van der Waals surface area contributed by atoms with Crippen LogP contribution in [-0.2, 0) is 6.42 Å². The van der Waals surface area contributed by atoms with Gasteiger partial charge in [-0.25, -0.2) is 0 Å². The van der Waals surface area contributed by atoms with E-state index in [0.717, 1.165) is 61.4 Å². The molecule has 0 heterocycles. The number of nitrogens with zero attached hydrogens (tertiary/aromatic N) is 1. The molecular formula is C26H40ClNO3. The highest BCUT2D eigenvalue weighted by Crippen LogP contribution is 2.37. The zero-order chi connectivity index (χ0) is 23.4. The lowest BCUT2D eigenvalue weighted by atomic mass is 9.99. The number of hydrogen-bond acceptors (Lipinski definition) is 4. The number of carbonyl (C=O) groups is 1. The number of methoxy groups -OCH3 is 2. The van der Waals surface area contributed by atoms with E-state index >= 15 is 0 Å². The Morgan fingerprint density at radius 3 is 2.42 bits per heavy atom. The monoisotopic (exact) mass is 449 g/mol. The molecule has 2 rings (SSSR count). The topological polar surface area (TPSA) is 38.8 Å². The number of allylic oxidation sites excluding steroid dienone is 3. The minimum Gasteiger partial charge on any atom is -0.493 e. The lowest BCUT2D eigenvalue weighted by Crippen LogP contribution is -2.22. The van der Waals surface area contributed by atoms with Crippen molar-refractivity contribution >= 4 is 17.4 Å². The third-order valence-corrected chi connectivity index (χ3v) is 5.81. The zero-order valence-corrected chi connectivity index (χ0v) is 21.1. The maximum atomic E-state index is 12.8. The van der Waals surface area contributed by atoms with Gasteiger partial charge >= 0.3 is 0 Å². The third kappa shape index (κ3) is 8.01. The smallest absolute Gasteiger partial charge is 0.166 e. The van der Waals surface area contributed by atoms with Crippen molar-refractivity contribution in [2.45, 2.75) is 59.8 Å². The second-order valence-corrected chi connectivity index (χ2v) is 8.26. The van der Waals surface area contributed by atoms with E-state index in [9.17, 15) is 4.79 Å². The molecule has 0 N–H and O–H groups in total. The van der Waals surface area contributed by atoms with Gasteiger partial charge in [-0.1, -0.05) is 44.5 Å². The summed E-state index contributed by atoms with van der Waals surface area (Å²) in [5.41, 5.74) is 3.06. The number of benzene rings is 1. The van der Waals surface area contributed by atoms with Gasteiger partial charge in [0.15, 0.2) is 17.3 Å². The Labute approximate surface area is 194 Å². The number of ether oxygens (including phenoxy) is 2. The highest BCUT2D eigenvalue weighted by molar-refractivity contribution is 6.29. The van der Waals surface area contributed by atoms with Gasteiger partial charge in [0.05, 0.1) is 14.2 Å². The van der Waals surface area contributed by atoms with Gasteiger partial charge in [-0.15, -0.1) is 0 Å². The quantitative estimate of drug-likeness (QED) is 0.354. The summed E-state index contributed by atoms with van der Waals surface area (Å²) in [5.74, 6) is 1.60. The Kier molecular flexibility index (Phi) is 12.6. The summed E-state index contributed by atoms with van der Waals surface area (Å²) in [4.78, 5) is 15.1. The van der Waals surface area contributed by atoms with E-state index in [0.29, 0.717) is 11.5 Å². The fourth-order valence-corrected chi connectivity index (χ4v) is 3.95. The van der Waals surface area contributed by atoms with Crippen molar-refractivity contribution in [1.82, 2.24) is 4.90 Å². The molecule has 174 valence electrons. The van der Waals surface area contributed by atoms with E-state index < -0.39 is 0 Å². The molecule has 5 heteroatoms. The maximum Gasteiger partial charge on any atom is 0.166 e. The number of Topliss-reactive ketones (excluding diaryl/α,β-unsaturated/α-hetero) is 1. The van der Waals surface area contributed by atoms with Crippen LogP contribution in [-0.4, -0.2) is 45.0 Å². The molecule has 0 spiro atoms. The van der Waals surface area contributed by atoms with Crippen molar-refractivity contribution in [3.8, 4) is 11.5 Å². The van der Waals surface area contributed by atoms with Crippen molar-refractivity contribution in [3.05, 3.63) is 46.0 Å². The Hall–Kier alpha value is -1.78. The Balaban J connectivity index is 0.00000233. The van der Waals surface area contributed by atoms with Gasteiger partial charge in [0.2, 0.25) is 0 Å². The second kappa shape index (κ2) is 14.3. The van der Waals surface area contributed by atoms with Gasteiger partial charge in [-0.05, 0) is 75.9 Å². The summed E-state index contributed by atoms with van der Waals surface area (Å²) < 4.78 is 10.7. The van der Waals surface area contributed by atoms with E-state index in [1.807, 2.05) is 32.9 Å². The van der Waals surface area contributed by atoms with Crippen LogP contribution in [0, 0.1) is 5.92 Å². The predicted molar refractivity (Wildman–Crippen MR) is 132 cm³/mol. The molecule has 1 aromatic rings. The van der Waals surface area contributed by atoms with Crippen LogP contribution < -0.4 is 9.47 Å². The molecule has 1 unspecified atom stereocenters. The van der Waals surface area contributed by atoms with Crippen molar-refractivity contribution in [2.75, 3.05) is 34.4 Å². The van der Waals surface area contributed by atoms with Crippen molar-refractivity contribution in [2.24, 2.45) is 5.92 Å². The summed E-state index contributed by atoms with van der Waals surface area (Å²) in [6, 6.07) is 3.78. The Morgan fingerprint density at radius 1 is 1.19 bits per heavy atom. The molecule has 0 radical (unpaired) electrons. The summed E-state index contributed by atoms with van der Waals surface area (Å²) in [6.07, 6.45) is 8.92. The van der Waals surface area contributed by atoms with Crippen LogP contribution in [0.4, 0.5) is 0 Å². The minimum absolute atomic E-state index is 0.0586. The van der Waals surface area contributed by atoms with Gasteiger partial charge in [-0.3, -0.25) is 4.79 Å². The first-order chi connectivity index (χ1) is 14.9. The van der Waals surface area contributed by atoms with Crippen LogP contribution >= 0.6 is 11.6 Å². The molecule has 1 aliphatic carbocycles. The summed E-state index contributed by atoms with van der Waals surface area (Å²) in [6.45, 7) is 10.0. The molecular weight excluding hydrogens is 410 g/mol. The number of hydrogen-bond donors (Lipinski definition) is 0. The Bertz CT molecular complexity index is 766. The van der Waals surface area contributed by atoms with Crippen LogP contribution in [0.15, 0.2) is 34.9 Å². The van der Waals surface area contributed by atoms with Gasteiger partial charge in [0, 0.05) is 23.1 Å². The molecule has 1 atom stereocenters. The lowest BCUT2D eigenvalue weighted by molar-refractivity contribution is 0.0927. The average Bonchev–Trinajstić information content (AvgIpc) is 3.08. The molecule has 4 nitrogen and oxygen atoms in total. The molecule has 1 aliphatic rings. The molecule has 0 saturated heterocycles. The van der Waals surface area contributed by atoms with Crippen molar-refractivity contribution in [3.63, 3.8) is 0 Å². The zero-order valence-electron chi connectivity index (χ0n) is 20.4. The van der Waals surface area contributed by atoms with Gasteiger partial charge < -0.3 is 14.4 Å².